The van der Waals surface area contributed by atoms with E-state index in [0.29, 0.717) is 0 Å². The molecule has 18 heteroatoms. The summed E-state index contributed by atoms with van der Waals surface area (Å²) in [5.74, 6) is -0.112. The summed E-state index contributed by atoms with van der Waals surface area (Å²) in [6, 6.07) is 1.21. The molecule has 1 aliphatic heterocycles. The van der Waals surface area contributed by atoms with Gasteiger partial charge >= 0.3 is 21.3 Å². The molecule has 1 aromatic heterocycles. The van der Waals surface area contributed by atoms with E-state index in [-0.39, 0.29) is 19.0 Å². The molecule has 0 aromatic carbocycles. The number of nitrogens with zero attached hydrogens (tertiary/aromatic N) is 2. The van der Waals surface area contributed by atoms with Crippen molar-refractivity contribution >= 4 is 21.5 Å². The third-order valence-electron chi connectivity index (χ3n) is 3.52. The summed E-state index contributed by atoms with van der Waals surface area (Å²) in [6.07, 6.45) is -7.67. The second-order valence-electron chi connectivity index (χ2n) is 5.69. The number of aliphatic hydroxyl groups is 2. The molecule has 0 aliphatic carbocycles. The van der Waals surface area contributed by atoms with Gasteiger partial charge in [-0.15, -0.1) is 0 Å². The summed E-state index contributed by atoms with van der Waals surface area (Å²) in [4.78, 5) is 42.3. The Morgan fingerprint density at radius 3 is 2.48 bits per heavy atom. The highest BCUT2D eigenvalue weighted by atomic mass is 31.3. The Bertz CT molecular complexity index is 860. The highest BCUT2D eigenvalue weighted by Crippen LogP contribution is 2.58. The van der Waals surface area contributed by atoms with Crippen LogP contribution in [0.25, 0.3) is 0 Å². The van der Waals surface area contributed by atoms with E-state index in [9.17, 15) is 29.0 Å². The first kappa shape index (κ1) is 24.0. The van der Waals surface area contributed by atoms with Gasteiger partial charge in [-0.3, -0.25) is 9.09 Å². The average Bonchev–Trinajstić information content (AvgIpc) is 2.85. The van der Waals surface area contributed by atoms with Gasteiger partial charge in [-0.1, -0.05) is 0 Å². The van der Waals surface area contributed by atoms with Gasteiger partial charge in [0, 0.05) is 12.7 Å². The van der Waals surface area contributed by atoms with E-state index in [1.807, 2.05) is 0 Å². The molecule has 2 heterocycles. The fourth-order valence-corrected chi connectivity index (χ4v) is 4.09. The molecule has 0 bridgehead atoms. The fourth-order valence-electron chi connectivity index (χ4n) is 2.41. The summed E-state index contributed by atoms with van der Waals surface area (Å²) >= 11 is 0. The van der Waals surface area contributed by atoms with Crippen LogP contribution in [0.1, 0.15) is 6.23 Å². The van der Waals surface area contributed by atoms with E-state index < -0.39 is 52.2 Å². The molecule has 1 aromatic rings. The van der Waals surface area contributed by atoms with Crippen molar-refractivity contribution in [1.29, 1.82) is 0 Å². The van der Waals surface area contributed by atoms with Crippen LogP contribution < -0.4 is 17.2 Å². The molecule has 16 nitrogen and oxygen atoms in total. The molecule has 2 unspecified atom stereocenters. The maximum atomic E-state index is 11.9. The smallest absolute Gasteiger partial charge is 0.387 e. The van der Waals surface area contributed by atoms with Crippen molar-refractivity contribution in [2.45, 2.75) is 30.8 Å². The van der Waals surface area contributed by atoms with Gasteiger partial charge in [-0.2, -0.15) is 9.29 Å². The van der Waals surface area contributed by atoms with Crippen molar-refractivity contribution in [1.82, 2.24) is 9.55 Å². The molecule has 0 radical (unpaired) electrons. The van der Waals surface area contributed by atoms with E-state index in [0.717, 1.165) is 10.8 Å². The first-order valence-corrected chi connectivity index (χ1v) is 10.8. The fraction of sp³-hybridized carbons (Fsp3) is 0.636. The normalized spacial score (nSPS) is 28.2. The predicted octanol–water partition coefficient (Wildman–Crippen LogP) is -3.03. The van der Waals surface area contributed by atoms with Crippen LogP contribution in [0, 0.1) is 0 Å². The van der Waals surface area contributed by atoms with E-state index >= 15 is 0 Å². The molecule has 166 valence electrons. The van der Waals surface area contributed by atoms with Crippen LogP contribution in [0.5, 0.6) is 0 Å². The van der Waals surface area contributed by atoms with Crippen molar-refractivity contribution in [2.75, 3.05) is 18.9 Å². The van der Waals surface area contributed by atoms with E-state index in [2.05, 4.69) is 13.8 Å². The van der Waals surface area contributed by atoms with E-state index in [1.54, 1.807) is 0 Å². The van der Waals surface area contributed by atoms with Crippen LogP contribution >= 0.6 is 15.6 Å². The zero-order valence-electron chi connectivity index (χ0n) is 14.5. The number of rotatable bonds is 9. The lowest BCUT2D eigenvalue weighted by Crippen LogP contribution is -2.42. The average molecular weight is 462 g/mol. The first-order valence-electron chi connectivity index (χ1n) is 7.80. The standard InChI is InChI=1S/C11H20N4O12P2/c12-2-4-24-10(26-29(22,23)27-28(19,20)21)8-6(16)7(17)9(25-8)15-3-1-5(13)14-11(15)18/h1,3,6-10,16-17H,2,4,12H2,(H,22,23)(H2,13,14,18)(H2,19,20,21)/t6-,7+,8-,9+,10?/m0/s1. The minimum Gasteiger partial charge on any atom is -0.387 e. The molecule has 0 spiro atoms. The number of phosphoric ester groups is 1. The number of hydrogen-bond donors (Lipinski definition) is 7. The number of nitrogens with two attached hydrogens (primary N) is 2. The Morgan fingerprint density at radius 1 is 1.28 bits per heavy atom. The van der Waals surface area contributed by atoms with Crippen molar-refractivity contribution < 1.29 is 52.3 Å². The number of aromatic nitrogens is 2. The lowest BCUT2D eigenvalue weighted by Gasteiger charge is -2.27. The topological polar surface area (TPSA) is 259 Å². The molecule has 2 rings (SSSR count). The van der Waals surface area contributed by atoms with Gasteiger partial charge < -0.3 is 45.8 Å². The van der Waals surface area contributed by atoms with Crippen molar-refractivity contribution in [2.24, 2.45) is 5.73 Å². The zero-order valence-corrected chi connectivity index (χ0v) is 16.3. The Balaban J connectivity index is 2.27. The highest BCUT2D eigenvalue weighted by Gasteiger charge is 2.51. The maximum Gasteiger partial charge on any atom is 0.483 e. The van der Waals surface area contributed by atoms with Crippen molar-refractivity contribution in [3.8, 4) is 0 Å². The Kier molecular flexibility index (Phi) is 7.67. The Hall–Kier alpha value is -1.26. The molecule has 0 amide bonds. The largest absolute Gasteiger partial charge is 0.483 e. The summed E-state index contributed by atoms with van der Waals surface area (Å²) in [5.41, 5.74) is 9.71. The summed E-state index contributed by atoms with van der Waals surface area (Å²) < 4.78 is 42.0. The second-order valence-corrected chi connectivity index (χ2v) is 8.47. The number of phosphoric acid groups is 2. The van der Waals surface area contributed by atoms with Crippen molar-refractivity contribution in [3.05, 3.63) is 22.7 Å². The van der Waals surface area contributed by atoms with Crippen molar-refractivity contribution in [3.63, 3.8) is 0 Å². The van der Waals surface area contributed by atoms with Gasteiger partial charge in [0.15, 0.2) is 12.5 Å². The van der Waals surface area contributed by atoms with Crippen LogP contribution in [-0.2, 0) is 27.4 Å². The molecule has 0 saturated carbocycles. The lowest BCUT2D eigenvalue weighted by atomic mass is 10.1. The molecule has 1 fully saturated rings. The second kappa shape index (κ2) is 9.26. The van der Waals surface area contributed by atoms with Gasteiger partial charge in [0.2, 0.25) is 0 Å². The van der Waals surface area contributed by atoms with Crippen LogP contribution in [-0.4, -0.2) is 72.2 Å². The quantitative estimate of drug-likeness (QED) is 0.142. The summed E-state index contributed by atoms with van der Waals surface area (Å²) in [7, 11) is -10.9. The molecular weight excluding hydrogens is 442 g/mol. The van der Waals surface area contributed by atoms with Gasteiger partial charge in [0.25, 0.3) is 0 Å². The van der Waals surface area contributed by atoms with E-state index in [4.69, 9.17) is 30.7 Å². The number of aliphatic hydroxyl groups excluding tert-OH is 2. The van der Waals surface area contributed by atoms with Gasteiger partial charge in [-0.05, 0) is 6.07 Å². The van der Waals surface area contributed by atoms with E-state index in [1.165, 1.54) is 6.07 Å². The van der Waals surface area contributed by atoms with Crippen LogP contribution in [0.2, 0.25) is 0 Å². The minimum absolute atomic E-state index is 0.112. The maximum absolute atomic E-state index is 11.9. The van der Waals surface area contributed by atoms with Gasteiger partial charge in [0.1, 0.15) is 24.1 Å². The molecule has 1 aliphatic rings. The molecule has 9 N–H and O–H groups in total. The molecule has 29 heavy (non-hydrogen) atoms. The van der Waals surface area contributed by atoms with Gasteiger partial charge in [-0.25, -0.2) is 13.9 Å². The van der Waals surface area contributed by atoms with Gasteiger partial charge in [0.05, 0.1) is 6.61 Å². The first-order chi connectivity index (χ1) is 13.3. The molecule has 6 atom stereocenters. The minimum atomic E-state index is -5.44. The van der Waals surface area contributed by atoms with Crippen LogP contribution in [0.4, 0.5) is 5.82 Å². The predicted molar refractivity (Wildman–Crippen MR) is 91.7 cm³/mol. The third kappa shape index (κ3) is 6.36. The monoisotopic (exact) mass is 462 g/mol. The van der Waals surface area contributed by atoms with Crippen LogP contribution in [0.3, 0.4) is 0 Å². The SMILES string of the molecule is NCCOC(OP(=O)(O)OP(=O)(O)O)[C@H]1O[C@@H](n2ccc(N)nc2=O)[C@H](O)[C@@H]1O. The number of nitrogen functional groups attached to an aromatic ring is 1. The number of anilines is 1. The zero-order chi connectivity index (χ0) is 22.0. The third-order valence-corrected chi connectivity index (χ3v) is 5.67. The Morgan fingerprint density at radius 2 is 1.93 bits per heavy atom. The Labute approximate surface area is 162 Å². The number of hydrogen-bond acceptors (Lipinski definition) is 12. The number of ether oxygens (including phenoxy) is 2. The summed E-state index contributed by atoms with van der Waals surface area (Å²) in [6.45, 7) is -0.428. The van der Waals surface area contributed by atoms with Crippen LogP contribution in [0.15, 0.2) is 17.1 Å². The lowest BCUT2D eigenvalue weighted by molar-refractivity contribution is -0.187. The molecular formula is C11H20N4O12P2. The summed E-state index contributed by atoms with van der Waals surface area (Å²) in [5, 5.41) is 20.5. The highest BCUT2D eigenvalue weighted by molar-refractivity contribution is 7.60. The molecule has 1 saturated heterocycles.